The fourth-order valence-corrected chi connectivity index (χ4v) is 3.60. The summed E-state index contributed by atoms with van der Waals surface area (Å²) >= 11 is 6.66. The van der Waals surface area contributed by atoms with Crippen molar-refractivity contribution in [1.29, 1.82) is 0 Å². The molecule has 0 saturated heterocycles. The van der Waals surface area contributed by atoms with E-state index in [2.05, 4.69) is 47.3 Å². The van der Waals surface area contributed by atoms with E-state index < -0.39 is 0 Å². The molecule has 1 N–H and O–H groups in total. The van der Waals surface area contributed by atoms with E-state index in [-0.39, 0.29) is 24.1 Å². The largest absolute Gasteiger partial charge is 0.352 e. The van der Waals surface area contributed by atoms with Crippen molar-refractivity contribution in [3.05, 3.63) is 55.6 Å². The number of hydrogen-bond donors (Lipinski definition) is 1. The van der Waals surface area contributed by atoms with E-state index in [9.17, 15) is 9.59 Å². The molecule has 0 aliphatic heterocycles. The zero-order valence-electron chi connectivity index (χ0n) is 14.2. The van der Waals surface area contributed by atoms with E-state index in [0.717, 1.165) is 10.0 Å². The SMILES string of the molecule is CC(Cc1ccc(Br)cc1)NC(=O)Cn1cnc2c(c(Br)nn2C)c1=O. The highest BCUT2D eigenvalue weighted by molar-refractivity contribution is 9.10. The molecule has 1 atom stereocenters. The van der Waals surface area contributed by atoms with Gasteiger partial charge in [-0.1, -0.05) is 28.1 Å². The van der Waals surface area contributed by atoms with Crippen LogP contribution in [0.15, 0.2) is 44.5 Å². The van der Waals surface area contributed by atoms with E-state index in [1.165, 1.54) is 15.6 Å². The monoisotopic (exact) mass is 481 g/mol. The normalized spacial score (nSPS) is 12.3. The Bertz CT molecular complexity index is 1010. The third kappa shape index (κ3) is 4.04. The van der Waals surface area contributed by atoms with Crippen molar-refractivity contribution in [3.63, 3.8) is 0 Å². The first-order valence-corrected chi connectivity index (χ1v) is 9.55. The van der Waals surface area contributed by atoms with Gasteiger partial charge in [0.2, 0.25) is 5.91 Å². The molecule has 1 unspecified atom stereocenters. The second-order valence-corrected chi connectivity index (χ2v) is 7.76. The highest BCUT2D eigenvalue weighted by Crippen LogP contribution is 2.16. The van der Waals surface area contributed by atoms with Crippen LogP contribution in [0, 0.1) is 0 Å². The first-order chi connectivity index (χ1) is 12.3. The number of carbonyl (C=O) groups excluding carboxylic acids is 1. The molecule has 136 valence electrons. The summed E-state index contributed by atoms with van der Waals surface area (Å²) in [7, 11) is 1.71. The average molecular weight is 483 g/mol. The van der Waals surface area contributed by atoms with Gasteiger partial charge >= 0.3 is 0 Å². The van der Waals surface area contributed by atoms with Crippen molar-refractivity contribution in [1.82, 2.24) is 24.6 Å². The highest BCUT2D eigenvalue weighted by atomic mass is 79.9. The molecule has 3 rings (SSSR count). The molecule has 2 aromatic heterocycles. The molecular weight excluding hydrogens is 466 g/mol. The molecule has 0 aliphatic carbocycles. The summed E-state index contributed by atoms with van der Waals surface area (Å²) in [4.78, 5) is 29.1. The molecule has 0 spiro atoms. The maximum atomic E-state index is 12.6. The second kappa shape index (κ2) is 7.71. The lowest BCUT2D eigenvalue weighted by atomic mass is 10.1. The van der Waals surface area contributed by atoms with Gasteiger partial charge in [-0.3, -0.25) is 14.2 Å². The van der Waals surface area contributed by atoms with Crippen LogP contribution in [0.4, 0.5) is 0 Å². The van der Waals surface area contributed by atoms with Crippen molar-refractivity contribution in [2.45, 2.75) is 25.9 Å². The third-order valence-electron chi connectivity index (χ3n) is 3.94. The van der Waals surface area contributed by atoms with Gasteiger partial charge < -0.3 is 5.32 Å². The highest BCUT2D eigenvalue weighted by Gasteiger charge is 2.15. The van der Waals surface area contributed by atoms with Crippen LogP contribution in [-0.4, -0.2) is 31.3 Å². The Labute approximate surface area is 166 Å². The van der Waals surface area contributed by atoms with E-state index in [0.29, 0.717) is 22.1 Å². The van der Waals surface area contributed by atoms with Crippen LogP contribution in [0.3, 0.4) is 0 Å². The van der Waals surface area contributed by atoms with E-state index in [1.807, 2.05) is 31.2 Å². The third-order valence-corrected chi connectivity index (χ3v) is 5.03. The zero-order chi connectivity index (χ0) is 18.8. The molecule has 0 bridgehead atoms. The van der Waals surface area contributed by atoms with Gasteiger partial charge in [0.05, 0.1) is 0 Å². The number of halogens is 2. The molecule has 0 fully saturated rings. The van der Waals surface area contributed by atoms with Crippen molar-refractivity contribution in [2.24, 2.45) is 7.05 Å². The fraction of sp³-hybridized carbons (Fsp3) is 0.294. The van der Waals surface area contributed by atoms with E-state index in [1.54, 1.807) is 7.05 Å². The maximum Gasteiger partial charge on any atom is 0.266 e. The maximum absolute atomic E-state index is 12.6. The van der Waals surface area contributed by atoms with Gasteiger partial charge in [0, 0.05) is 17.6 Å². The van der Waals surface area contributed by atoms with Crippen LogP contribution in [0.2, 0.25) is 0 Å². The lowest BCUT2D eigenvalue weighted by Crippen LogP contribution is -2.38. The summed E-state index contributed by atoms with van der Waals surface area (Å²) in [5.41, 5.74) is 1.30. The summed E-state index contributed by atoms with van der Waals surface area (Å²) in [5, 5.41) is 7.41. The van der Waals surface area contributed by atoms with Gasteiger partial charge in [0.25, 0.3) is 5.56 Å². The van der Waals surface area contributed by atoms with Crippen LogP contribution >= 0.6 is 31.9 Å². The summed E-state index contributed by atoms with van der Waals surface area (Å²) in [6, 6.07) is 7.90. The summed E-state index contributed by atoms with van der Waals surface area (Å²) in [6.07, 6.45) is 2.08. The summed E-state index contributed by atoms with van der Waals surface area (Å²) in [5.74, 6) is -0.238. The molecule has 0 radical (unpaired) electrons. The number of rotatable bonds is 5. The first-order valence-electron chi connectivity index (χ1n) is 7.96. The number of nitrogens with zero attached hydrogens (tertiary/aromatic N) is 4. The Morgan fingerprint density at radius 2 is 1.96 bits per heavy atom. The minimum Gasteiger partial charge on any atom is -0.352 e. The minimum absolute atomic E-state index is 0.0544. The average Bonchev–Trinajstić information content (AvgIpc) is 2.87. The molecule has 2 heterocycles. The van der Waals surface area contributed by atoms with Crippen LogP contribution in [-0.2, 0) is 24.8 Å². The van der Waals surface area contributed by atoms with Gasteiger partial charge in [0.1, 0.15) is 22.9 Å². The Morgan fingerprint density at radius 1 is 1.27 bits per heavy atom. The summed E-state index contributed by atoms with van der Waals surface area (Å²) in [6.45, 7) is 1.84. The summed E-state index contributed by atoms with van der Waals surface area (Å²) < 4.78 is 4.25. The Kier molecular flexibility index (Phi) is 5.57. The van der Waals surface area contributed by atoms with Crippen molar-refractivity contribution < 1.29 is 4.79 Å². The Balaban J connectivity index is 1.69. The number of amides is 1. The molecule has 0 saturated carbocycles. The lowest BCUT2D eigenvalue weighted by molar-refractivity contribution is -0.122. The van der Waals surface area contributed by atoms with Gasteiger partial charge in [-0.2, -0.15) is 5.10 Å². The van der Waals surface area contributed by atoms with Crippen molar-refractivity contribution in [2.75, 3.05) is 0 Å². The number of aryl methyl sites for hydroxylation is 1. The number of hydrogen-bond acceptors (Lipinski definition) is 4. The predicted octanol–water partition coefficient (Wildman–Crippen LogP) is 2.40. The van der Waals surface area contributed by atoms with E-state index in [4.69, 9.17) is 0 Å². The van der Waals surface area contributed by atoms with Gasteiger partial charge in [-0.15, -0.1) is 0 Å². The van der Waals surface area contributed by atoms with Gasteiger partial charge in [-0.25, -0.2) is 9.67 Å². The number of aromatic nitrogens is 4. The second-order valence-electron chi connectivity index (χ2n) is 6.09. The molecule has 3 aromatic rings. The van der Waals surface area contributed by atoms with Crippen LogP contribution in [0.25, 0.3) is 11.0 Å². The smallest absolute Gasteiger partial charge is 0.266 e. The van der Waals surface area contributed by atoms with Crippen LogP contribution in [0.5, 0.6) is 0 Å². The number of fused-ring (bicyclic) bond motifs is 1. The molecule has 9 heteroatoms. The first kappa shape index (κ1) is 18.8. The van der Waals surface area contributed by atoms with Gasteiger partial charge in [-0.05, 0) is 47.0 Å². The standard InChI is InChI=1S/C17H17Br2N5O2/c1-10(7-11-3-5-12(18)6-4-11)21-13(25)8-24-9-20-16-14(17(24)26)15(19)22-23(16)2/h3-6,9-10H,7-8H2,1-2H3,(H,21,25). The molecule has 1 amide bonds. The van der Waals surface area contributed by atoms with Crippen LogP contribution in [0.1, 0.15) is 12.5 Å². The molecule has 7 nitrogen and oxygen atoms in total. The number of benzene rings is 1. The van der Waals surface area contributed by atoms with Gasteiger partial charge in [0.15, 0.2) is 5.65 Å². The number of nitrogens with one attached hydrogen (secondary N) is 1. The van der Waals surface area contributed by atoms with Crippen molar-refractivity contribution >= 4 is 48.8 Å². The van der Waals surface area contributed by atoms with Crippen molar-refractivity contribution in [3.8, 4) is 0 Å². The molecule has 26 heavy (non-hydrogen) atoms. The number of carbonyl (C=O) groups is 1. The lowest BCUT2D eigenvalue weighted by Gasteiger charge is -2.14. The molecule has 0 aliphatic rings. The van der Waals surface area contributed by atoms with E-state index >= 15 is 0 Å². The fourth-order valence-electron chi connectivity index (χ4n) is 2.75. The minimum atomic E-state index is -0.300. The predicted molar refractivity (Wildman–Crippen MR) is 106 cm³/mol. The Hall–Kier alpha value is -2.00. The zero-order valence-corrected chi connectivity index (χ0v) is 17.4. The van der Waals surface area contributed by atoms with Crippen LogP contribution < -0.4 is 10.9 Å². The molecular formula is C17H17Br2N5O2. The quantitative estimate of drug-likeness (QED) is 0.605. The topological polar surface area (TPSA) is 81.8 Å². The molecule has 1 aromatic carbocycles. The Morgan fingerprint density at radius 3 is 2.65 bits per heavy atom.